The van der Waals surface area contributed by atoms with Crippen LogP contribution in [-0.2, 0) is 11.2 Å². The first-order valence-electron chi connectivity index (χ1n) is 6.98. The number of carbonyl (C=O) groups excluding carboxylic acids is 1. The molecular formula is C17H16FNO2. The fraction of sp³-hybridized carbons (Fsp3) is 0.235. The van der Waals surface area contributed by atoms with Gasteiger partial charge in [-0.15, -0.1) is 0 Å². The molecule has 0 aromatic heterocycles. The molecule has 4 heteroatoms. The van der Waals surface area contributed by atoms with E-state index in [-0.39, 0.29) is 24.4 Å². The number of amides is 1. The highest BCUT2D eigenvalue weighted by molar-refractivity contribution is 5.78. The van der Waals surface area contributed by atoms with Gasteiger partial charge in [0, 0.05) is 6.07 Å². The summed E-state index contributed by atoms with van der Waals surface area (Å²) >= 11 is 0. The molecule has 3 rings (SSSR count). The largest absolute Gasteiger partial charge is 0.484 e. The molecule has 1 atom stereocenters. The lowest BCUT2D eigenvalue weighted by atomic mass is 10.1. The van der Waals surface area contributed by atoms with Crippen molar-refractivity contribution in [2.45, 2.75) is 18.9 Å². The number of benzene rings is 2. The molecule has 0 saturated carbocycles. The van der Waals surface area contributed by atoms with Gasteiger partial charge in [0.05, 0.1) is 6.04 Å². The summed E-state index contributed by atoms with van der Waals surface area (Å²) in [6.45, 7) is -0.109. The zero-order chi connectivity index (χ0) is 14.7. The molecule has 1 aliphatic carbocycles. The predicted octanol–water partition coefficient (Wildman–Crippen LogP) is 3.01. The summed E-state index contributed by atoms with van der Waals surface area (Å²) < 4.78 is 18.3. The van der Waals surface area contributed by atoms with Gasteiger partial charge >= 0.3 is 0 Å². The molecule has 0 spiro atoms. The van der Waals surface area contributed by atoms with Gasteiger partial charge < -0.3 is 10.1 Å². The molecule has 0 heterocycles. The second-order valence-corrected chi connectivity index (χ2v) is 5.10. The summed E-state index contributed by atoms with van der Waals surface area (Å²) in [6.07, 6.45) is 1.89. The Morgan fingerprint density at radius 2 is 2.10 bits per heavy atom. The SMILES string of the molecule is O=C(COc1cccc(F)c1)N[C@H]1CCc2ccccc21. The van der Waals surface area contributed by atoms with Crippen molar-refractivity contribution in [1.29, 1.82) is 0 Å². The summed E-state index contributed by atoms with van der Waals surface area (Å²) in [5.41, 5.74) is 2.46. The van der Waals surface area contributed by atoms with Crippen LogP contribution in [0.1, 0.15) is 23.6 Å². The quantitative estimate of drug-likeness (QED) is 0.937. The van der Waals surface area contributed by atoms with Crippen LogP contribution in [-0.4, -0.2) is 12.5 Å². The lowest BCUT2D eigenvalue weighted by Gasteiger charge is -2.14. The standard InChI is InChI=1S/C17H16FNO2/c18-13-5-3-6-14(10-13)21-11-17(20)19-16-9-8-12-4-1-2-7-15(12)16/h1-7,10,16H,8-9,11H2,(H,19,20)/t16-/m0/s1. The lowest BCUT2D eigenvalue weighted by molar-refractivity contribution is -0.123. The van der Waals surface area contributed by atoms with Gasteiger partial charge in [0.2, 0.25) is 0 Å². The van der Waals surface area contributed by atoms with E-state index in [9.17, 15) is 9.18 Å². The molecule has 0 aliphatic heterocycles. The Morgan fingerprint density at radius 3 is 2.95 bits per heavy atom. The minimum atomic E-state index is -0.377. The Kier molecular flexibility index (Phi) is 3.86. The molecule has 0 radical (unpaired) electrons. The van der Waals surface area contributed by atoms with Crippen LogP contribution < -0.4 is 10.1 Å². The molecule has 1 N–H and O–H groups in total. The molecule has 1 amide bonds. The number of fused-ring (bicyclic) bond motifs is 1. The van der Waals surface area contributed by atoms with Gasteiger partial charge in [-0.3, -0.25) is 4.79 Å². The van der Waals surface area contributed by atoms with E-state index in [0.29, 0.717) is 5.75 Å². The Labute approximate surface area is 122 Å². The zero-order valence-electron chi connectivity index (χ0n) is 11.5. The van der Waals surface area contributed by atoms with Crippen LogP contribution >= 0.6 is 0 Å². The number of nitrogens with one attached hydrogen (secondary N) is 1. The van der Waals surface area contributed by atoms with E-state index in [2.05, 4.69) is 11.4 Å². The molecule has 21 heavy (non-hydrogen) atoms. The fourth-order valence-corrected chi connectivity index (χ4v) is 2.65. The summed E-state index contributed by atoms with van der Waals surface area (Å²) in [4.78, 5) is 11.9. The Hall–Kier alpha value is -2.36. The number of hydrogen-bond donors (Lipinski definition) is 1. The average Bonchev–Trinajstić information content (AvgIpc) is 2.89. The Balaban J connectivity index is 1.56. The second-order valence-electron chi connectivity index (χ2n) is 5.10. The van der Waals surface area contributed by atoms with Gasteiger partial charge in [-0.1, -0.05) is 30.3 Å². The molecule has 2 aromatic rings. The highest BCUT2D eigenvalue weighted by Gasteiger charge is 2.23. The van der Waals surface area contributed by atoms with Crippen molar-refractivity contribution in [3.05, 3.63) is 65.5 Å². The van der Waals surface area contributed by atoms with Crippen molar-refractivity contribution in [3.8, 4) is 5.75 Å². The van der Waals surface area contributed by atoms with E-state index in [0.717, 1.165) is 12.8 Å². The minimum Gasteiger partial charge on any atom is -0.484 e. The molecule has 0 unspecified atom stereocenters. The highest BCUT2D eigenvalue weighted by Crippen LogP contribution is 2.30. The van der Waals surface area contributed by atoms with E-state index in [1.54, 1.807) is 12.1 Å². The van der Waals surface area contributed by atoms with Crippen LogP contribution in [0.4, 0.5) is 4.39 Å². The van der Waals surface area contributed by atoms with Gasteiger partial charge in [0.25, 0.3) is 5.91 Å². The van der Waals surface area contributed by atoms with Crippen LogP contribution in [0, 0.1) is 5.82 Å². The summed E-state index contributed by atoms with van der Waals surface area (Å²) in [6, 6.07) is 13.9. The molecular weight excluding hydrogens is 269 g/mol. The molecule has 0 bridgehead atoms. The first-order chi connectivity index (χ1) is 10.2. The van der Waals surface area contributed by atoms with E-state index < -0.39 is 0 Å². The van der Waals surface area contributed by atoms with Gasteiger partial charge in [-0.25, -0.2) is 4.39 Å². The molecule has 1 aliphatic rings. The summed E-state index contributed by atoms with van der Waals surface area (Å²) in [5, 5.41) is 2.96. The molecule has 0 saturated heterocycles. The Morgan fingerprint density at radius 1 is 1.24 bits per heavy atom. The van der Waals surface area contributed by atoms with Crippen molar-refractivity contribution in [2.24, 2.45) is 0 Å². The summed E-state index contributed by atoms with van der Waals surface area (Å²) in [7, 11) is 0. The number of ether oxygens (including phenoxy) is 1. The first kappa shape index (κ1) is 13.6. The average molecular weight is 285 g/mol. The van der Waals surface area contributed by atoms with Crippen LogP contribution in [0.5, 0.6) is 5.75 Å². The number of aryl methyl sites for hydroxylation is 1. The summed E-state index contributed by atoms with van der Waals surface area (Å²) in [5.74, 6) is -0.212. The third-order valence-electron chi connectivity index (χ3n) is 3.63. The van der Waals surface area contributed by atoms with Crippen LogP contribution in [0.2, 0.25) is 0 Å². The van der Waals surface area contributed by atoms with Crippen molar-refractivity contribution < 1.29 is 13.9 Å². The first-order valence-corrected chi connectivity index (χ1v) is 6.98. The maximum atomic E-state index is 13.0. The monoisotopic (exact) mass is 285 g/mol. The number of rotatable bonds is 4. The zero-order valence-corrected chi connectivity index (χ0v) is 11.5. The number of halogens is 1. The molecule has 2 aromatic carbocycles. The third kappa shape index (κ3) is 3.21. The topological polar surface area (TPSA) is 38.3 Å². The van der Waals surface area contributed by atoms with Crippen molar-refractivity contribution in [1.82, 2.24) is 5.32 Å². The predicted molar refractivity (Wildman–Crippen MR) is 77.5 cm³/mol. The fourth-order valence-electron chi connectivity index (χ4n) is 2.65. The van der Waals surface area contributed by atoms with Crippen LogP contribution in [0.25, 0.3) is 0 Å². The number of carbonyl (C=O) groups is 1. The molecule has 108 valence electrons. The Bertz CT molecular complexity index is 657. The van der Waals surface area contributed by atoms with Crippen LogP contribution in [0.15, 0.2) is 48.5 Å². The normalized spacial score (nSPS) is 16.3. The molecule has 3 nitrogen and oxygen atoms in total. The smallest absolute Gasteiger partial charge is 0.258 e. The maximum Gasteiger partial charge on any atom is 0.258 e. The highest BCUT2D eigenvalue weighted by atomic mass is 19.1. The minimum absolute atomic E-state index is 0.0461. The van der Waals surface area contributed by atoms with Gasteiger partial charge in [-0.05, 0) is 36.1 Å². The maximum absolute atomic E-state index is 13.0. The van der Waals surface area contributed by atoms with Crippen molar-refractivity contribution >= 4 is 5.91 Å². The van der Waals surface area contributed by atoms with E-state index in [4.69, 9.17) is 4.74 Å². The lowest BCUT2D eigenvalue weighted by Crippen LogP contribution is -2.31. The van der Waals surface area contributed by atoms with E-state index in [1.165, 1.54) is 23.3 Å². The van der Waals surface area contributed by atoms with Crippen molar-refractivity contribution in [2.75, 3.05) is 6.61 Å². The van der Waals surface area contributed by atoms with Gasteiger partial charge in [0.1, 0.15) is 11.6 Å². The van der Waals surface area contributed by atoms with E-state index >= 15 is 0 Å². The van der Waals surface area contributed by atoms with Crippen LogP contribution in [0.3, 0.4) is 0 Å². The third-order valence-corrected chi connectivity index (χ3v) is 3.63. The van der Waals surface area contributed by atoms with Gasteiger partial charge in [0.15, 0.2) is 6.61 Å². The molecule has 0 fully saturated rings. The van der Waals surface area contributed by atoms with Gasteiger partial charge in [-0.2, -0.15) is 0 Å². The number of hydrogen-bond acceptors (Lipinski definition) is 2. The van der Waals surface area contributed by atoms with E-state index in [1.807, 2.05) is 18.2 Å². The second kappa shape index (κ2) is 5.95. The van der Waals surface area contributed by atoms with Crippen molar-refractivity contribution in [3.63, 3.8) is 0 Å².